The number of anilines is 2. The van der Waals surface area contributed by atoms with Gasteiger partial charge in [-0.2, -0.15) is 0 Å². The summed E-state index contributed by atoms with van der Waals surface area (Å²) in [5.41, 5.74) is 1.74. The number of hydrogen-bond donors (Lipinski definition) is 2. The van der Waals surface area contributed by atoms with Crippen molar-refractivity contribution < 1.29 is 9.90 Å². The minimum absolute atomic E-state index is 0.434. The molecule has 6 heteroatoms. The number of thiazole rings is 1. The highest BCUT2D eigenvalue weighted by Crippen LogP contribution is 2.39. The van der Waals surface area contributed by atoms with E-state index in [1.165, 1.54) is 0 Å². The molecule has 1 heterocycles. The number of hydrogen-bond acceptors (Lipinski definition) is 4. The molecule has 0 saturated heterocycles. The standard InChI is InChI=1S/C13H11IN2O2S/c14-8-3-1-2-4-9(8)15-13-16-11-7(12(17)18)5-6-10(11)19-13/h1-4,7H,5-6H2,(H,15,16)(H,17,18). The molecule has 1 aromatic heterocycles. The number of nitrogens with one attached hydrogen (secondary N) is 1. The van der Waals surface area contributed by atoms with Gasteiger partial charge in [0.1, 0.15) is 5.92 Å². The van der Waals surface area contributed by atoms with Crippen molar-refractivity contribution >= 4 is 50.7 Å². The number of carboxylic acid groups (broad SMARTS) is 1. The van der Waals surface area contributed by atoms with Gasteiger partial charge in [0, 0.05) is 8.45 Å². The van der Waals surface area contributed by atoms with Gasteiger partial charge < -0.3 is 10.4 Å². The van der Waals surface area contributed by atoms with E-state index >= 15 is 0 Å². The van der Waals surface area contributed by atoms with Crippen LogP contribution in [0.3, 0.4) is 0 Å². The van der Waals surface area contributed by atoms with Crippen molar-refractivity contribution in [2.75, 3.05) is 5.32 Å². The first-order valence-electron chi connectivity index (χ1n) is 5.89. The van der Waals surface area contributed by atoms with Gasteiger partial charge >= 0.3 is 5.97 Å². The van der Waals surface area contributed by atoms with E-state index in [2.05, 4.69) is 32.9 Å². The number of carbonyl (C=O) groups is 1. The van der Waals surface area contributed by atoms with Crippen LogP contribution in [0.25, 0.3) is 0 Å². The molecule has 0 bridgehead atoms. The maximum absolute atomic E-state index is 11.1. The van der Waals surface area contributed by atoms with Crippen LogP contribution in [0.4, 0.5) is 10.8 Å². The molecule has 0 radical (unpaired) electrons. The fourth-order valence-electron chi connectivity index (χ4n) is 2.20. The number of benzene rings is 1. The number of nitrogens with zero attached hydrogens (tertiary/aromatic N) is 1. The second kappa shape index (κ2) is 5.09. The van der Waals surface area contributed by atoms with Crippen LogP contribution >= 0.6 is 33.9 Å². The van der Waals surface area contributed by atoms with E-state index in [0.29, 0.717) is 6.42 Å². The first-order valence-corrected chi connectivity index (χ1v) is 7.78. The maximum Gasteiger partial charge on any atom is 0.312 e. The normalized spacial score (nSPS) is 17.2. The summed E-state index contributed by atoms with van der Waals surface area (Å²) in [7, 11) is 0. The fraction of sp³-hybridized carbons (Fsp3) is 0.231. The Balaban J connectivity index is 1.87. The van der Waals surface area contributed by atoms with Crippen LogP contribution in [0.5, 0.6) is 0 Å². The lowest BCUT2D eigenvalue weighted by atomic mass is 10.1. The van der Waals surface area contributed by atoms with Crippen molar-refractivity contribution in [3.63, 3.8) is 0 Å². The number of aliphatic carboxylic acids is 1. The number of carboxylic acids is 1. The van der Waals surface area contributed by atoms with E-state index in [-0.39, 0.29) is 0 Å². The molecular weight excluding hydrogens is 375 g/mol. The van der Waals surface area contributed by atoms with Gasteiger partial charge in [0.25, 0.3) is 0 Å². The highest BCUT2D eigenvalue weighted by molar-refractivity contribution is 14.1. The first-order chi connectivity index (χ1) is 9.15. The van der Waals surface area contributed by atoms with E-state index in [0.717, 1.165) is 31.4 Å². The Bertz CT molecular complexity index is 641. The van der Waals surface area contributed by atoms with Crippen molar-refractivity contribution in [2.24, 2.45) is 0 Å². The average molecular weight is 386 g/mol. The minimum atomic E-state index is -0.773. The highest BCUT2D eigenvalue weighted by atomic mass is 127. The fourth-order valence-corrected chi connectivity index (χ4v) is 3.77. The van der Waals surface area contributed by atoms with Gasteiger partial charge in [-0.3, -0.25) is 4.79 Å². The molecule has 1 atom stereocenters. The molecule has 0 saturated carbocycles. The zero-order valence-electron chi connectivity index (χ0n) is 9.89. The summed E-state index contributed by atoms with van der Waals surface area (Å²) >= 11 is 3.82. The van der Waals surface area contributed by atoms with Crippen molar-refractivity contribution in [3.05, 3.63) is 38.4 Å². The predicted octanol–water partition coefficient (Wildman–Crippen LogP) is 3.61. The SMILES string of the molecule is O=C(O)C1CCc2sc(Nc3ccccc3I)nc21. The number of rotatable bonds is 3. The molecule has 0 amide bonds. The Labute approximate surface area is 128 Å². The quantitative estimate of drug-likeness (QED) is 0.792. The summed E-state index contributed by atoms with van der Waals surface area (Å²) in [6.07, 6.45) is 1.49. The van der Waals surface area contributed by atoms with Gasteiger partial charge in [-0.15, -0.1) is 11.3 Å². The lowest BCUT2D eigenvalue weighted by Gasteiger charge is -2.05. The molecule has 0 spiro atoms. The lowest BCUT2D eigenvalue weighted by Crippen LogP contribution is -2.08. The summed E-state index contributed by atoms with van der Waals surface area (Å²) in [6, 6.07) is 7.95. The van der Waals surface area contributed by atoms with Crippen LogP contribution in [0.2, 0.25) is 0 Å². The molecule has 19 heavy (non-hydrogen) atoms. The monoisotopic (exact) mass is 386 g/mol. The zero-order chi connectivity index (χ0) is 13.4. The Hall–Kier alpha value is -1.15. The Kier molecular flexibility index (Phi) is 3.44. The first kappa shape index (κ1) is 12.9. The third-order valence-electron chi connectivity index (χ3n) is 3.13. The smallest absolute Gasteiger partial charge is 0.312 e. The molecule has 0 aliphatic heterocycles. The number of aromatic nitrogens is 1. The van der Waals surface area contributed by atoms with Gasteiger partial charge in [0.2, 0.25) is 0 Å². The van der Waals surface area contributed by atoms with E-state index in [9.17, 15) is 4.79 Å². The maximum atomic E-state index is 11.1. The summed E-state index contributed by atoms with van der Waals surface area (Å²) in [5.74, 6) is -1.21. The van der Waals surface area contributed by atoms with Crippen LogP contribution in [-0.4, -0.2) is 16.1 Å². The molecular formula is C13H11IN2O2S. The molecule has 1 aromatic carbocycles. The molecule has 98 valence electrons. The molecule has 3 rings (SSSR count). The van der Waals surface area contributed by atoms with Gasteiger partial charge in [0.05, 0.1) is 11.4 Å². The summed E-state index contributed by atoms with van der Waals surface area (Å²) in [5, 5.41) is 13.2. The molecule has 1 unspecified atom stereocenters. The number of fused-ring (bicyclic) bond motifs is 1. The largest absolute Gasteiger partial charge is 0.481 e. The topological polar surface area (TPSA) is 62.2 Å². The van der Waals surface area contributed by atoms with Crippen LogP contribution in [-0.2, 0) is 11.2 Å². The van der Waals surface area contributed by atoms with Crippen LogP contribution < -0.4 is 5.32 Å². The number of para-hydroxylation sites is 1. The van der Waals surface area contributed by atoms with E-state index in [1.807, 2.05) is 24.3 Å². The van der Waals surface area contributed by atoms with E-state index in [1.54, 1.807) is 11.3 Å². The van der Waals surface area contributed by atoms with Crippen molar-refractivity contribution in [1.82, 2.24) is 4.98 Å². The predicted molar refractivity (Wildman–Crippen MR) is 83.3 cm³/mol. The molecule has 4 nitrogen and oxygen atoms in total. The summed E-state index contributed by atoms with van der Waals surface area (Å²) in [6.45, 7) is 0. The summed E-state index contributed by atoms with van der Waals surface area (Å²) < 4.78 is 1.12. The number of halogens is 1. The Morgan fingerprint density at radius 3 is 3.00 bits per heavy atom. The van der Waals surface area contributed by atoms with Crippen molar-refractivity contribution in [2.45, 2.75) is 18.8 Å². The Morgan fingerprint density at radius 2 is 2.26 bits per heavy atom. The van der Waals surface area contributed by atoms with Crippen molar-refractivity contribution in [3.8, 4) is 0 Å². The van der Waals surface area contributed by atoms with E-state index in [4.69, 9.17) is 5.11 Å². The van der Waals surface area contributed by atoms with Crippen LogP contribution in [0.15, 0.2) is 24.3 Å². The van der Waals surface area contributed by atoms with Gasteiger partial charge in [0.15, 0.2) is 5.13 Å². The molecule has 1 aliphatic rings. The summed E-state index contributed by atoms with van der Waals surface area (Å²) in [4.78, 5) is 16.7. The second-order valence-corrected chi connectivity index (χ2v) is 6.61. The lowest BCUT2D eigenvalue weighted by molar-refractivity contribution is -0.138. The third-order valence-corrected chi connectivity index (χ3v) is 5.12. The number of aryl methyl sites for hydroxylation is 1. The van der Waals surface area contributed by atoms with Gasteiger partial charge in [-0.25, -0.2) is 4.98 Å². The van der Waals surface area contributed by atoms with Crippen molar-refractivity contribution in [1.29, 1.82) is 0 Å². The third kappa shape index (κ3) is 2.46. The molecule has 1 aliphatic carbocycles. The van der Waals surface area contributed by atoms with Crippen LogP contribution in [0, 0.1) is 3.57 Å². The van der Waals surface area contributed by atoms with E-state index < -0.39 is 11.9 Å². The average Bonchev–Trinajstić information content (AvgIpc) is 2.91. The van der Waals surface area contributed by atoms with Gasteiger partial charge in [-0.05, 0) is 47.6 Å². The zero-order valence-corrected chi connectivity index (χ0v) is 12.9. The highest BCUT2D eigenvalue weighted by Gasteiger charge is 2.32. The Morgan fingerprint density at radius 1 is 1.47 bits per heavy atom. The van der Waals surface area contributed by atoms with Gasteiger partial charge in [-0.1, -0.05) is 12.1 Å². The molecule has 2 aromatic rings. The molecule has 0 fully saturated rings. The second-order valence-electron chi connectivity index (χ2n) is 4.36. The molecule has 2 N–H and O–H groups in total. The van der Waals surface area contributed by atoms with Crippen LogP contribution in [0.1, 0.15) is 22.9 Å². The minimum Gasteiger partial charge on any atom is -0.481 e.